The van der Waals surface area contributed by atoms with Crippen LogP contribution in [0.15, 0.2) is 72.8 Å². The zero-order valence-corrected chi connectivity index (χ0v) is 17.3. The van der Waals surface area contributed by atoms with Crippen molar-refractivity contribution in [2.45, 2.75) is 0 Å². The zero-order valence-electron chi connectivity index (χ0n) is 16.5. The molecule has 0 saturated carbocycles. The molecule has 4 aromatic rings. The molecule has 1 fully saturated rings. The second-order valence-electron chi connectivity index (χ2n) is 7.31. The number of hydrogen-bond acceptors (Lipinski definition) is 4. The Morgan fingerprint density at radius 1 is 0.800 bits per heavy atom. The van der Waals surface area contributed by atoms with Crippen LogP contribution in [-0.2, 0) is 4.74 Å². The van der Waals surface area contributed by atoms with E-state index in [1.165, 1.54) is 5.69 Å². The normalized spacial score (nSPS) is 14.1. The third-order valence-electron chi connectivity index (χ3n) is 5.28. The first kappa shape index (κ1) is 18.8. The number of morpholine rings is 1. The summed E-state index contributed by atoms with van der Waals surface area (Å²) in [6.45, 7) is 3.42. The fourth-order valence-corrected chi connectivity index (χ4v) is 3.96. The lowest BCUT2D eigenvalue weighted by Gasteiger charge is -2.29. The number of fused-ring (bicyclic) bond motifs is 2. The standard InChI is InChI=1S/C24H22N4OS/c30-24(25-19-7-9-21(10-8-19)28-11-13-29-14-12-28)26-20-6-5-18-15-17-3-1-2-4-22(17)27-23(18)16-20/h1-10,15-16H,11-14H2,(H2,25,26,30). The van der Waals surface area contributed by atoms with Crippen LogP contribution in [0.4, 0.5) is 17.1 Å². The van der Waals surface area contributed by atoms with Crippen LogP contribution in [0.2, 0.25) is 0 Å². The molecule has 1 aliphatic rings. The van der Waals surface area contributed by atoms with Gasteiger partial charge in [0.1, 0.15) is 0 Å². The van der Waals surface area contributed by atoms with Crippen molar-refractivity contribution in [1.29, 1.82) is 0 Å². The van der Waals surface area contributed by atoms with Crippen molar-refractivity contribution in [3.63, 3.8) is 0 Å². The van der Waals surface area contributed by atoms with Crippen LogP contribution in [0.25, 0.3) is 21.8 Å². The van der Waals surface area contributed by atoms with E-state index in [1.807, 2.05) is 42.5 Å². The molecule has 1 aromatic heterocycles. The first-order valence-corrected chi connectivity index (χ1v) is 10.5. The van der Waals surface area contributed by atoms with Crippen molar-refractivity contribution >= 4 is 56.2 Å². The van der Waals surface area contributed by atoms with Gasteiger partial charge in [0.05, 0.1) is 24.2 Å². The molecule has 0 amide bonds. The molecule has 1 saturated heterocycles. The summed E-state index contributed by atoms with van der Waals surface area (Å²) >= 11 is 5.51. The molecular weight excluding hydrogens is 392 g/mol. The van der Waals surface area contributed by atoms with Gasteiger partial charge in [-0.2, -0.15) is 0 Å². The Kier molecular flexibility index (Phi) is 5.17. The molecule has 0 aliphatic carbocycles. The Balaban J connectivity index is 1.27. The van der Waals surface area contributed by atoms with Gasteiger partial charge in [-0.3, -0.25) is 0 Å². The highest BCUT2D eigenvalue weighted by atomic mass is 32.1. The van der Waals surface area contributed by atoms with Crippen molar-refractivity contribution in [1.82, 2.24) is 4.98 Å². The van der Waals surface area contributed by atoms with Crippen molar-refractivity contribution in [3.05, 3.63) is 72.8 Å². The monoisotopic (exact) mass is 414 g/mol. The second-order valence-corrected chi connectivity index (χ2v) is 7.72. The summed E-state index contributed by atoms with van der Waals surface area (Å²) in [4.78, 5) is 7.10. The van der Waals surface area contributed by atoms with Gasteiger partial charge < -0.3 is 20.3 Å². The van der Waals surface area contributed by atoms with Crippen LogP contribution in [0, 0.1) is 0 Å². The summed E-state index contributed by atoms with van der Waals surface area (Å²) in [5.74, 6) is 0. The maximum absolute atomic E-state index is 5.51. The number of hydrogen-bond donors (Lipinski definition) is 2. The number of rotatable bonds is 3. The number of ether oxygens (including phenoxy) is 1. The Labute approximate surface area is 180 Å². The minimum absolute atomic E-state index is 0.550. The van der Waals surface area contributed by atoms with Gasteiger partial charge in [0.15, 0.2) is 5.11 Å². The van der Waals surface area contributed by atoms with Gasteiger partial charge in [0, 0.05) is 40.9 Å². The fourth-order valence-electron chi connectivity index (χ4n) is 3.72. The van der Waals surface area contributed by atoms with Gasteiger partial charge in [-0.15, -0.1) is 0 Å². The van der Waals surface area contributed by atoms with Gasteiger partial charge in [-0.05, 0) is 60.7 Å². The molecule has 0 bridgehead atoms. The van der Waals surface area contributed by atoms with Crippen LogP contribution in [0.3, 0.4) is 0 Å². The van der Waals surface area contributed by atoms with Gasteiger partial charge in [-0.1, -0.05) is 24.3 Å². The molecule has 3 aromatic carbocycles. The Hall–Kier alpha value is -3.22. The molecule has 2 N–H and O–H groups in total. The average Bonchev–Trinajstić information content (AvgIpc) is 2.79. The number of nitrogens with zero attached hydrogens (tertiary/aromatic N) is 2. The van der Waals surface area contributed by atoms with E-state index in [2.05, 4.69) is 45.9 Å². The molecule has 6 heteroatoms. The summed E-state index contributed by atoms with van der Waals surface area (Å²) in [5, 5.41) is 9.32. The highest BCUT2D eigenvalue weighted by Crippen LogP contribution is 2.23. The van der Waals surface area contributed by atoms with E-state index in [-0.39, 0.29) is 0 Å². The molecule has 0 radical (unpaired) electrons. The van der Waals surface area contributed by atoms with Crippen molar-refractivity contribution < 1.29 is 4.74 Å². The smallest absolute Gasteiger partial charge is 0.175 e. The number of anilines is 3. The van der Waals surface area contributed by atoms with Crippen molar-refractivity contribution in [3.8, 4) is 0 Å². The largest absolute Gasteiger partial charge is 0.378 e. The molecule has 5 rings (SSSR count). The van der Waals surface area contributed by atoms with E-state index >= 15 is 0 Å². The lowest BCUT2D eigenvalue weighted by molar-refractivity contribution is 0.122. The van der Waals surface area contributed by atoms with E-state index in [0.29, 0.717) is 5.11 Å². The summed E-state index contributed by atoms with van der Waals surface area (Å²) in [7, 11) is 0. The summed E-state index contributed by atoms with van der Waals surface area (Å²) in [6, 6.07) is 24.7. The number of para-hydroxylation sites is 1. The Morgan fingerprint density at radius 3 is 2.33 bits per heavy atom. The summed E-state index contributed by atoms with van der Waals surface area (Å²) < 4.78 is 5.42. The Morgan fingerprint density at radius 2 is 1.50 bits per heavy atom. The Bertz CT molecular complexity index is 1200. The van der Waals surface area contributed by atoms with E-state index in [0.717, 1.165) is 59.5 Å². The average molecular weight is 415 g/mol. The summed E-state index contributed by atoms with van der Waals surface area (Å²) in [6.07, 6.45) is 0. The highest BCUT2D eigenvalue weighted by molar-refractivity contribution is 7.80. The molecule has 30 heavy (non-hydrogen) atoms. The number of benzene rings is 3. The third-order valence-corrected chi connectivity index (χ3v) is 5.48. The minimum Gasteiger partial charge on any atom is -0.378 e. The molecule has 1 aliphatic heterocycles. The topological polar surface area (TPSA) is 49.4 Å². The van der Waals surface area contributed by atoms with Gasteiger partial charge in [-0.25, -0.2) is 4.98 Å². The number of pyridine rings is 1. The molecule has 0 atom stereocenters. The van der Waals surface area contributed by atoms with E-state index in [4.69, 9.17) is 21.9 Å². The minimum atomic E-state index is 0.550. The zero-order chi connectivity index (χ0) is 20.3. The molecule has 2 heterocycles. The maximum atomic E-state index is 5.51. The predicted molar refractivity (Wildman–Crippen MR) is 129 cm³/mol. The number of aromatic nitrogens is 1. The van der Waals surface area contributed by atoms with Crippen LogP contribution < -0.4 is 15.5 Å². The van der Waals surface area contributed by atoms with E-state index < -0.39 is 0 Å². The lowest BCUT2D eigenvalue weighted by atomic mass is 10.1. The SMILES string of the molecule is S=C(Nc1ccc(N2CCOCC2)cc1)Nc1ccc2cc3ccccc3nc2c1. The highest BCUT2D eigenvalue weighted by Gasteiger charge is 2.11. The van der Waals surface area contributed by atoms with E-state index in [9.17, 15) is 0 Å². The van der Waals surface area contributed by atoms with Gasteiger partial charge >= 0.3 is 0 Å². The van der Waals surface area contributed by atoms with Crippen LogP contribution in [0.5, 0.6) is 0 Å². The molecular formula is C24H22N4OS. The molecule has 5 nitrogen and oxygen atoms in total. The van der Waals surface area contributed by atoms with Crippen molar-refractivity contribution in [2.24, 2.45) is 0 Å². The van der Waals surface area contributed by atoms with Gasteiger partial charge in [0.25, 0.3) is 0 Å². The first-order chi connectivity index (χ1) is 14.7. The van der Waals surface area contributed by atoms with Gasteiger partial charge in [0.2, 0.25) is 0 Å². The van der Waals surface area contributed by atoms with Crippen LogP contribution >= 0.6 is 12.2 Å². The fraction of sp³-hybridized carbons (Fsp3) is 0.167. The summed E-state index contributed by atoms with van der Waals surface area (Å²) in [5.41, 5.74) is 5.00. The van der Waals surface area contributed by atoms with Crippen LogP contribution in [0.1, 0.15) is 0 Å². The second kappa shape index (κ2) is 8.26. The number of nitrogens with one attached hydrogen (secondary N) is 2. The molecule has 150 valence electrons. The third kappa shape index (κ3) is 4.06. The quantitative estimate of drug-likeness (QED) is 0.362. The molecule has 0 spiro atoms. The first-order valence-electron chi connectivity index (χ1n) is 10.0. The lowest BCUT2D eigenvalue weighted by Crippen LogP contribution is -2.36. The maximum Gasteiger partial charge on any atom is 0.175 e. The molecule has 0 unspecified atom stereocenters. The van der Waals surface area contributed by atoms with Crippen LogP contribution in [-0.4, -0.2) is 36.4 Å². The number of thiocarbonyl (C=S) groups is 1. The van der Waals surface area contributed by atoms with Crippen molar-refractivity contribution in [2.75, 3.05) is 41.8 Å². The van der Waals surface area contributed by atoms with E-state index in [1.54, 1.807) is 0 Å². The predicted octanol–water partition coefficient (Wildman–Crippen LogP) is 5.03.